The minimum Gasteiger partial charge on any atom is -0.509 e. The molecule has 0 aromatic heterocycles. The van der Waals surface area contributed by atoms with Crippen molar-refractivity contribution in [1.29, 1.82) is 0 Å². The van der Waals surface area contributed by atoms with E-state index in [0.29, 0.717) is 16.8 Å². The Morgan fingerprint density at radius 1 is 0.906 bits per heavy atom. The Morgan fingerprint density at radius 3 is 1.84 bits per heavy atom. The molecule has 0 aliphatic heterocycles. The van der Waals surface area contributed by atoms with E-state index in [4.69, 9.17) is 0 Å². The number of aromatic hydroxyl groups is 1. The van der Waals surface area contributed by atoms with Crippen molar-refractivity contribution in [2.45, 2.75) is 13.3 Å². The van der Waals surface area contributed by atoms with Crippen molar-refractivity contribution in [2.24, 2.45) is 10.2 Å². The molecule has 162 valence electrons. The van der Waals surface area contributed by atoms with Gasteiger partial charge >= 0.3 is 5.97 Å². The van der Waals surface area contributed by atoms with Gasteiger partial charge in [0, 0.05) is 11.1 Å². The van der Waals surface area contributed by atoms with Gasteiger partial charge < -0.3 is 14.9 Å². The number of phenols is 1. The minimum absolute atomic E-state index is 0.0736. The number of Topliss-reactive ketones (excluding diaryl/α,β-unsaturated/α-hetero) is 1. The first-order valence-electron chi connectivity index (χ1n) is 9.80. The number of carbonyl (C=O) groups excluding carboxylic acids is 2. The molecule has 3 aromatic carbocycles. The maximum Gasteiger partial charge on any atom is 0.362 e. The smallest absolute Gasteiger partial charge is 0.362 e. The second kappa shape index (κ2) is 10.2. The number of benzene rings is 3. The highest BCUT2D eigenvalue weighted by Crippen LogP contribution is 2.41. The van der Waals surface area contributed by atoms with Crippen LogP contribution < -0.4 is 0 Å². The second-order valence-electron chi connectivity index (χ2n) is 6.99. The molecule has 0 saturated carbocycles. The van der Waals surface area contributed by atoms with Crippen LogP contribution in [0.3, 0.4) is 0 Å². The van der Waals surface area contributed by atoms with Gasteiger partial charge in [-0.15, -0.1) is 5.11 Å². The van der Waals surface area contributed by atoms with Crippen molar-refractivity contribution in [1.82, 2.24) is 0 Å². The number of rotatable bonds is 7. The third kappa shape index (κ3) is 5.26. The SMILES string of the molecule is COC(=O)/C(N=Nc1cc(-c2ccccc2)c(O)c(-c2ccccc2)c1)=C(/O)CC(C)=O. The molecule has 0 saturated heterocycles. The predicted octanol–water partition coefficient (Wildman–Crippen LogP) is 5.73. The Hall–Kier alpha value is -4.26. The molecule has 3 rings (SSSR count). The van der Waals surface area contributed by atoms with Crippen molar-refractivity contribution in [3.63, 3.8) is 0 Å². The lowest BCUT2D eigenvalue weighted by Crippen LogP contribution is -2.07. The molecule has 0 unspecified atom stereocenters. The Balaban J connectivity index is 2.15. The summed E-state index contributed by atoms with van der Waals surface area (Å²) in [5, 5.41) is 29.1. The first-order valence-corrected chi connectivity index (χ1v) is 9.80. The van der Waals surface area contributed by atoms with Crippen LogP contribution in [0.15, 0.2) is 94.5 Å². The van der Waals surface area contributed by atoms with E-state index in [1.165, 1.54) is 6.92 Å². The van der Waals surface area contributed by atoms with Gasteiger partial charge in [-0.1, -0.05) is 60.7 Å². The summed E-state index contributed by atoms with van der Waals surface area (Å²) in [4.78, 5) is 23.4. The van der Waals surface area contributed by atoms with Crippen LogP contribution in [-0.2, 0) is 14.3 Å². The van der Waals surface area contributed by atoms with Gasteiger partial charge in [0.1, 0.15) is 17.3 Å². The number of aliphatic hydroxyl groups is 1. The number of aliphatic hydroxyl groups excluding tert-OH is 1. The molecule has 3 aromatic rings. The molecular weight excluding hydrogens is 408 g/mol. The van der Waals surface area contributed by atoms with Crippen LogP contribution in [-0.4, -0.2) is 29.1 Å². The summed E-state index contributed by atoms with van der Waals surface area (Å²) in [6, 6.07) is 21.8. The van der Waals surface area contributed by atoms with Crippen molar-refractivity contribution in [3.05, 3.63) is 84.3 Å². The summed E-state index contributed by atoms with van der Waals surface area (Å²) in [6.45, 7) is 1.28. The predicted molar refractivity (Wildman–Crippen MR) is 120 cm³/mol. The van der Waals surface area contributed by atoms with E-state index >= 15 is 0 Å². The molecule has 0 aliphatic rings. The van der Waals surface area contributed by atoms with Crippen LogP contribution in [0.2, 0.25) is 0 Å². The number of nitrogens with zero attached hydrogens (tertiary/aromatic N) is 2. The first kappa shape index (κ1) is 22.4. The van der Waals surface area contributed by atoms with E-state index in [1.54, 1.807) is 12.1 Å². The number of phenolic OH excluding ortho intramolecular Hbond substituents is 1. The monoisotopic (exact) mass is 430 g/mol. The summed E-state index contributed by atoms with van der Waals surface area (Å²) in [5.41, 5.74) is 2.45. The summed E-state index contributed by atoms with van der Waals surface area (Å²) in [6.07, 6.45) is -0.371. The van der Waals surface area contributed by atoms with Crippen molar-refractivity contribution in [2.75, 3.05) is 7.11 Å². The molecule has 0 amide bonds. The maximum atomic E-state index is 12.0. The van der Waals surface area contributed by atoms with Gasteiger partial charge in [0.05, 0.1) is 19.2 Å². The average molecular weight is 430 g/mol. The van der Waals surface area contributed by atoms with Gasteiger partial charge in [0.2, 0.25) is 5.70 Å². The molecule has 0 radical (unpaired) electrons. The standard InChI is InChI=1S/C25H22N2O5/c1-16(28)13-22(29)23(25(31)32-2)27-26-19-14-20(17-9-5-3-6-10-17)24(30)21(15-19)18-11-7-4-8-12-18/h3-12,14-15,29-30H,13H2,1-2H3/b23-22-,27-26?. The van der Waals surface area contributed by atoms with Gasteiger partial charge in [0.25, 0.3) is 0 Å². The van der Waals surface area contributed by atoms with E-state index in [2.05, 4.69) is 15.0 Å². The highest BCUT2D eigenvalue weighted by molar-refractivity contribution is 5.90. The third-order valence-corrected chi connectivity index (χ3v) is 4.60. The zero-order valence-corrected chi connectivity index (χ0v) is 17.6. The fraction of sp³-hybridized carbons (Fsp3) is 0.120. The number of allylic oxidation sites excluding steroid dienone is 1. The number of methoxy groups -OCH3 is 1. The summed E-state index contributed by atoms with van der Waals surface area (Å²) in [5.74, 6) is -1.72. The van der Waals surface area contributed by atoms with Crippen LogP contribution >= 0.6 is 0 Å². The fourth-order valence-electron chi connectivity index (χ4n) is 3.09. The number of esters is 1. The van der Waals surface area contributed by atoms with Crippen LogP contribution in [0.1, 0.15) is 13.3 Å². The molecule has 32 heavy (non-hydrogen) atoms. The van der Waals surface area contributed by atoms with Crippen LogP contribution in [0.25, 0.3) is 22.3 Å². The summed E-state index contributed by atoms with van der Waals surface area (Å²) < 4.78 is 4.65. The van der Waals surface area contributed by atoms with Crippen molar-refractivity contribution >= 4 is 17.4 Å². The minimum atomic E-state index is -0.919. The normalized spacial score (nSPS) is 11.8. The number of hydrogen-bond acceptors (Lipinski definition) is 7. The molecule has 0 heterocycles. The lowest BCUT2D eigenvalue weighted by Gasteiger charge is -2.12. The quantitative estimate of drug-likeness (QED) is 0.215. The highest BCUT2D eigenvalue weighted by atomic mass is 16.5. The zero-order chi connectivity index (χ0) is 23.1. The van der Waals surface area contributed by atoms with E-state index in [-0.39, 0.29) is 18.0 Å². The number of ketones is 1. The van der Waals surface area contributed by atoms with Gasteiger partial charge in [-0.3, -0.25) is 4.79 Å². The molecule has 0 bridgehead atoms. The highest BCUT2D eigenvalue weighted by Gasteiger charge is 2.18. The van der Waals surface area contributed by atoms with Gasteiger partial charge in [0.15, 0.2) is 0 Å². The van der Waals surface area contributed by atoms with E-state index in [9.17, 15) is 19.8 Å². The number of ether oxygens (including phenoxy) is 1. The van der Waals surface area contributed by atoms with E-state index in [0.717, 1.165) is 18.2 Å². The third-order valence-electron chi connectivity index (χ3n) is 4.60. The largest absolute Gasteiger partial charge is 0.509 e. The molecular formula is C25H22N2O5. The fourth-order valence-corrected chi connectivity index (χ4v) is 3.09. The topological polar surface area (TPSA) is 109 Å². The van der Waals surface area contributed by atoms with E-state index < -0.39 is 17.4 Å². The Bertz CT molecular complexity index is 1120. The van der Waals surface area contributed by atoms with Gasteiger partial charge in [-0.2, -0.15) is 5.11 Å². The van der Waals surface area contributed by atoms with Gasteiger partial charge in [-0.05, 0) is 30.2 Å². The summed E-state index contributed by atoms with van der Waals surface area (Å²) in [7, 11) is 1.14. The Morgan fingerprint density at radius 2 is 1.41 bits per heavy atom. The van der Waals surface area contributed by atoms with Crippen molar-refractivity contribution < 1.29 is 24.5 Å². The second-order valence-corrected chi connectivity index (χ2v) is 6.99. The number of carbonyl (C=O) groups is 2. The molecule has 7 nitrogen and oxygen atoms in total. The lowest BCUT2D eigenvalue weighted by atomic mass is 9.96. The average Bonchev–Trinajstić information content (AvgIpc) is 2.80. The van der Waals surface area contributed by atoms with Crippen LogP contribution in [0, 0.1) is 0 Å². The molecule has 2 N–H and O–H groups in total. The Kier molecular flexibility index (Phi) is 7.13. The van der Waals surface area contributed by atoms with Gasteiger partial charge in [-0.25, -0.2) is 4.79 Å². The zero-order valence-electron chi connectivity index (χ0n) is 17.6. The molecule has 0 fully saturated rings. The maximum absolute atomic E-state index is 12.0. The molecule has 0 atom stereocenters. The number of azo groups is 1. The van der Waals surface area contributed by atoms with E-state index in [1.807, 2.05) is 60.7 Å². The number of hydrogen-bond donors (Lipinski definition) is 2. The first-order chi connectivity index (χ1) is 15.4. The molecule has 7 heteroatoms. The van der Waals surface area contributed by atoms with Crippen LogP contribution in [0.4, 0.5) is 5.69 Å². The summed E-state index contributed by atoms with van der Waals surface area (Å²) >= 11 is 0. The van der Waals surface area contributed by atoms with Crippen LogP contribution in [0.5, 0.6) is 5.75 Å². The lowest BCUT2D eigenvalue weighted by molar-refractivity contribution is -0.136. The molecule has 0 spiro atoms. The molecule has 0 aliphatic carbocycles. The van der Waals surface area contributed by atoms with Crippen molar-refractivity contribution in [3.8, 4) is 28.0 Å². The Labute approximate surface area is 185 Å².